The lowest BCUT2D eigenvalue weighted by Crippen LogP contribution is -2.29. The minimum Gasteiger partial charge on any atom is -0.464 e. The molecule has 0 bridgehead atoms. The molecule has 80 valence electrons. The fourth-order valence-electron chi connectivity index (χ4n) is 1.66. The maximum Gasteiger partial charge on any atom is 0.133 e. The van der Waals surface area contributed by atoms with E-state index in [0.717, 1.165) is 16.5 Å². The molecular formula is C12H14FNO. The largest absolute Gasteiger partial charge is 0.464 e. The van der Waals surface area contributed by atoms with Crippen LogP contribution in [-0.2, 0) is 6.42 Å². The molecule has 2 nitrogen and oxygen atoms in total. The van der Waals surface area contributed by atoms with Crippen molar-refractivity contribution in [1.82, 2.24) is 5.32 Å². The second kappa shape index (κ2) is 4.45. The third kappa shape index (κ3) is 2.18. The van der Waals surface area contributed by atoms with Gasteiger partial charge in [-0.05, 0) is 37.2 Å². The van der Waals surface area contributed by atoms with Crippen molar-refractivity contribution in [3.8, 4) is 0 Å². The molecule has 1 atom stereocenters. The Morgan fingerprint density at radius 1 is 1.40 bits per heavy atom. The molecule has 0 amide bonds. The molecule has 1 aromatic heterocycles. The van der Waals surface area contributed by atoms with E-state index in [9.17, 15) is 4.39 Å². The van der Waals surface area contributed by atoms with Crippen molar-refractivity contribution < 1.29 is 8.81 Å². The molecule has 3 heteroatoms. The summed E-state index contributed by atoms with van der Waals surface area (Å²) in [5.41, 5.74) is 2.00. The maximum absolute atomic E-state index is 12.5. The Bertz CT molecular complexity index is 434. The van der Waals surface area contributed by atoms with Gasteiger partial charge in [0.1, 0.15) is 12.3 Å². The Balaban J connectivity index is 2.20. The fraction of sp³-hybridized carbons (Fsp3) is 0.333. The normalized spacial score (nSPS) is 13.2. The first-order valence-electron chi connectivity index (χ1n) is 5.03. The van der Waals surface area contributed by atoms with Crippen LogP contribution < -0.4 is 5.32 Å². The SMILES string of the molecule is CNC(CF)Cc1ccc2occc2c1. The lowest BCUT2D eigenvalue weighted by molar-refractivity contribution is 0.389. The molecule has 1 aromatic carbocycles. The number of likely N-dealkylation sites (N-methyl/N-ethyl adjacent to an activating group) is 1. The van der Waals surface area contributed by atoms with Gasteiger partial charge in [0.15, 0.2) is 0 Å². The van der Waals surface area contributed by atoms with Gasteiger partial charge >= 0.3 is 0 Å². The molecule has 2 aromatic rings. The zero-order valence-corrected chi connectivity index (χ0v) is 8.66. The number of furan rings is 1. The minimum absolute atomic E-state index is 0.102. The van der Waals surface area contributed by atoms with Crippen molar-refractivity contribution >= 4 is 11.0 Å². The number of nitrogens with one attached hydrogen (secondary N) is 1. The van der Waals surface area contributed by atoms with Gasteiger partial charge in [-0.1, -0.05) is 6.07 Å². The number of alkyl halides is 1. The van der Waals surface area contributed by atoms with E-state index in [0.29, 0.717) is 6.42 Å². The quantitative estimate of drug-likeness (QED) is 0.833. The van der Waals surface area contributed by atoms with Crippen molar-refractivity contribution in [3.63, 3.8) is 0 Å². The van der Waals surface area contributed by atoms with Crippen molar-refractivity contribution in [2.75, 3.05) is 13.7 Å². The number of benzene rings is 1. The zero-order valence-electron chi connectivity index (χ0n) is 8.66. The molecule has 0 radical (unpaired) electrons. The summed E-state index contributed by atoms with van der Waals surface area (Å²) in [4.78, 5) is 0. The smallest absolute Gasteiger partial charge is 0.133 e. The van der Waals surface area contributed by atoms with E-state index < -0.39 is 0 Å². The van der Waals surface area contributed by atoms with E-state index in [1.807, 2.05) is 24.3 Å². The average Bonchev–Trinajstić information content (AvgIpc) is 2.73. The summed E-state index contributed by atoms with van der Waals surface area (Å²) in [6.45, 7) is -0.347. The molecule has 0 saturated heterocycles. The lowest BCUT2D eigenvalue weighted by atomic mass is 10.1. The van der Waals surface area contributed by atoms with Gasteiger partial charge in [-0.25, -0.2) is 4.39 Å². The van der Waals surface area contributed by atoms with Crippen LogP contribution >= 0.6 is 0 Å². The molecule has 0 spiro atoms. The first-order chi connectivity index (χ1) is 7.33. The van der Waals surface area contributed by atoms with Crippen LogP contribution in [0.25, 0.3) is 11.0 Å². The molecule has 0 aliphatic rings. The molecule has 1 unspecified atom stereocenters. The minimum atomic E-state index is -0.347. The van der Waals surface area contributed by atoms with Gasteiger partial charge < -0.3 is 9.73 Å². The van der Waals surface area contributed by atoms with Crippen molar-refractivity contribution in [2.24, 2.45) is 0 Å². The van der Waals surface area contributed by atoms with Crippen LogP contribution in [-0.4, -0.2) is 19.8 Å². The monoisotopic (exact) mass is 207 g/mol. The summed E-state index contributed by atoms with van der Waals surface area (Å²) in [7, 11) is 1.78. The average molecular weight is 207 g/mol. The molecule has 15 heavy (non-hydrogen) atoms. The highest BCUT2D eigenvalue weighted by molar-refractivity contribution is 5.77. The summed E-state index contributed by atoms with van der Waals surface area (Å²) in [5.74, 6) is 0. The molecule has 0 saturated carbocycles. The Kier molecular flexibility index (Phi) is 3.02. The molecule has 1 heterocycles. The summed E-state index contributed by atoms with van der Waals surface area (Å²) in [5, 5.41) is 4.01. The third-order valence-corrected chi connectivity index (χ3v) is 2.59. The summed E-state index contributed by atoms with van der Waals surface area (Å²) in [6, 6.07) is 7.76. The molecule has 1 N–H and O–H groups in total. The molecular weight excluding hydrogens is 193 g/mol. The van der Waals surface area contributed by atoms with E-state index in [4.69, 9.17) is 4.42 Å². The fourth-order valence-corrected chi connectivity index (χ4v) is 1.66. The maximum atomic E-state index is 12.5. The summed E-state index contributed by atoms with van der Waals surface area (Å²) < 4.78 is 17.8. The number of fused-ring (bicyclic) bond motifs is 1. The number of halogens is 1. The second-order valence-corrected chi connectivity index (χ2v) is 3.64. The van der Waals surface area contributed by atoms with Crippen LogP contribution in [0, 0.1) is 0 Å². The van der Waals surface area contributed by atoms with Gasteiger partial charge in [-0.2, -0.15) is 0 Å². The van der Waals surface area contributed by atoms with E-state index in [1.54, 1.807) is 13.3 Å². The van der Waals surface area contributed by atoms with Gasteiger partial charge in [0.05, 0.1) is 6.26 Å². The van der Waals surface area contributed by atoms with Crippen LogP contribution in [0.5, 0.6) is 0 Å². The predicted molar refractivity (Wildman–Crippen MR) is 58.7 cm³/mol. The van der Waals surface area contributed by atoms with E-state index >= 15 is 0 Å². The molecule has 0 aliphatic heterocycles. The lowest BCUT2D eigenvalue weighted by Gasteiger charge is -2.11. The summed E-state index contributed by atoms with van der Waals surface area (Å²) >= 11 is 0. The topological polar surface area (TPSA) is 25.2 Å². The highest BCUT2D eigenvalue weighted by atomic mass is 19.1. The van der Waals surface area contributed by atoms with E-state index in [2.05, 4.69) is 5.32 Å². The zero-order chi connectivity index (χ0) is 10.7. The van der Waals surface area contributed by atoms with E-state index in [1.165, 1.54) is 0 Å². The Hall–Kier alpha value is -1.35. The van der Waals surface area contributed by atoms with Gasteiger partial charge in [-0.3, -0.25) is 0 Å². The van der Waals surface area contributed by atoms with Crippen LogP contribution in [0.3, 0.4) is 0 Å². The van der Waals surface area contributed by atoms with Gasteiger partial charge in [0, 0.05) is 11.4 Å². The summed E-state index contributed by atoms with van der Waals surface area (Å²) in [6.07, 6.45) is 2.37. The standard InChI is InChI=1S/C12H14FNO/c1-14-11(8-13)7-9-2-3-12-10(6-9)4-5-15-12/h2-6,11,14H,7-8H2,1H3. The van der Waals surface area contributed by atoms with Crippen LogP contribution in [0.15, 0.2) is 34.9 Å². The van der Waals surface area contributed by atoms with Crippen LogP contribution in [0.1, 0.15) is 5.56 Å². The van der Waals surface area contributed by atoms with Crippen molar-refractivity contribution in [3.05, 3.63) is 36.1 Å². The third-order valence-electron chi connectivity index (χ3n) is 2.59. The molecule has 0 fully saturated rings. The van der Waals surface area contributed by atoms with Gasteiger partial charge in [-0.15, -0.1) is 0 Å². The number of hydrogen-bond donors (Lipinski definition) is 1. The van der Waals surface area contributed by atoms with Crippen LogP contribution in [0.2, 0.25) is 0 Å². The van der Waals surface area contributed by atoms with Crippen molar-refractivity contribution in [2.45, 2.75) is 12.5 Å². The highest BCUT2D eigenvalue weighted by Gasteiger charge is 2.07. The van der Waals surface area contributed by atoms with Crippen LogP contribution in [0.4, 0.5) is 4.39 Å². The van der Waals surface area contributed by atoms with E-state index in [-0.39, 0.29) is 12.7 Å². The van der Waals surface area contributed by atoms with Gasteiger partial charge in [0.25, 0.3) is 0 Å². The first-order valence-corrected chi connectivity index (χ1v) is 5.03. The predicted octanol–water partition coefficient (Wildman–Crippen LogP) is 2.53. The molecule has 2 rings (SSSR count). The Morgan fingerprint density at radius 3 is 3.00 bits per heavy atom. The number of hydrogen-bond acceptors (Lipinski definition) is 2. The van der Waals surface area contributed by atoms with Crippen molar-refractivity contribution in [1.29, 1.82) is 0 Å². The first kappa shape index (κ1) is 10.2. The van der Waals surface area contributed by atoms with Gasteiger partial charge in [0.2, 0.25) is 0 Å². The number of rotatable bonds is 4. The second-order valence-electron chi connectivity index (χ2n) is 3.64. The Labute approximate surface area is 88.1 Å². The highest BCUT2D eigenvalue weighted by Crippen LogP contribution is 2.17. The molecule has 0 aliphatic carbocycles. The Morgan fingerprint density at radius 2 is 2.27 bits per heavy atom.